The first-order valence-corrected chi connectivity index (χ1v) is 15.0. The molecule has 0 spiro atoms. The van der Waals surface area contributed by atoms with Gasteiger partial charge in [-0.3, -0.25) is 9.69 Å². The summed E-state index contributed by atoms with van der Waals surface area (Å²) in [6.45, 7) is 14.2. The summed E-state index contributed by atoms with van der Waals surface area (Å²) in [6, 6.07) is 10.5. The van der Waals surface area contributed by atoms with Crippen molar-refractivity contribution in [2.45, 2.75) is 46.4 Å². The number of thiazole rings is 1. The maximum Gasteiger partial charge on any atom is 0.260 e. The van der Waals surface area contributed by atoms with Crippen LogP contribution in [0.3, 0.4) is 0 Å². The number of likely N-dealkylation sites (N-methyl/N-ethyl adjacent to an activating group) is 1. The van der Waals surface area contributed by atoms with Crippen molar-refractivity contribution in [2.24, 2.45) is 11.8 Å². The number of carbonyl (C=O) groups is 1. The summed E-state index contributed by atoms with van der Waals surface area (Å²) < 4.78 is 29.4. The molecule has 0 unspecified atom stereocenters. The van der Waals surface area contributed by atoms with E-state index in [0.29, 0.717) is 36.9 Å². The fraction of sp³-hybridized carbons (Fsp3) is 0.500. The molecule has 3 aromatic rings. The monoisotopic (exact) mass is 544 g/mol. The van der Waals surface area contributed by atoms with Crippen LogP contribution in [-0.2, 0) is 10.0 Å². The van der Waals surface area contributed by atoms with Crippen LogP contribution in [0.4, 0.5) is 5.13 Å². The zero-order valence-corrected chi connectivity index (χ0v) is 24.9. The molecule has 0 radical (unpaired) electrons. The van der Waals surface area contributed by atoms with Gasteiger partial charge >= 0.3 is 0 Å². The number of fused-ring (bicyclic) bond motifs is 1. The molecular weight excluding hydrogens is 504 g/mol. The van der Waals surface area contributed by atoms with E-state index >= 15 is 0 Å². The van der Waals surface area contributed by atoms with Gasteiger partial charge in [-0.05, 0) is 81.2 Å². The Morgan fingerprint density at radius 1 is 0.946 bits per heavy atom. The topological polar surface area (TPSA) is 73.8 Å². The number of anilines is 1. The minimum absolute atomic E-state index is 0.194. The van der Waals surface area contributed by atoms with E-state index in [1.807, 2.05) is 53.6 Å². The molecule has 9 heteroatoms. The number of amides is 1. The summed E-state index contributed by atoms with van der Waals surface area (Å²) in [4.78, 5) is 22.4. The highest BCUT2D eigenvalue weighted by atomic mass is 32.2. The van der Waals surface area contributed by atoms with E-state index < -0.39 is 10.0 Å². The Morgan fingerprint density at radius 2 is 1.54 bits per heavy atom. The first-order valence-electron chi connectivity index (χ1n) is 12.7. The average molecular weight is 545 g/mol. The van der Waals surface area contributed by atoms with Gasteiger partial charge in [-0.25, -0.2) is 13.4 Å². The van der Waals surface area contributed by atoms with Gasteiger partial charge in [0.2, 0.25) is 10.0 Å². The van der Waals surface area contributed by atoms with Gasteiger partial charge in [-0.2, -0.15) is 4.31 Å². The smallest absolute Gasteiger partial charge is 0.260 e. The predicted octanol–water partition coefficient (Wildman–Crippen LogP) is 5.42. The zero-order chi connectivity index (χ0) is 27.5. The van der Waals surface area contributed by atoms with E-state index in [1.165, 1.54) is 11.3 Å². The van der Waals surface area contributed by atoms with Crippen molar-refractivity contribution in [3.05, 3.63) is 53.1 Å². The molecule has 0 aliphatic carbocycles. The van der Waals surface area contributed by atoms with Gasteiger partial charge in [-0.1, -0.05) is 45.1 Å². The average Bonchev–Trinajstić information content (AvgIpc) is 3.22. The lowest BCUT2D eigenvalue weighted by atomic mass is 10.1. The number of hydrogen-bond acceptors (Lipinski definition) is 6. The highest BCUT2D eigenvalue weighted by Gasteiger charge is 2.27. The first kappa shape index (κ1) is 29.2. The minimum Gasteiger partial charge on any atom is -0.308 e. The van der Waals surface area contributed by atoms with Gasteiger partial charge in [0.1, 0.15) is 0 Å². The molecule has 1 amide bonds. The van der Waals surface area contributed by atoms with Gasteiger partial charge < -0.3 is 4.90 Å². The molecule has 37 heavy (non-hydrogen) atoms. The Kier molecular flexibility index (Phi) is 9.50. The summed E-state index contributed by atoms with van der Waals surface area (Å²) in [5.74, 6) is 0.224. The third kappa shape index (κ3) is 7.16. The second-order valence-corrected chi connectivity index (χ2v) is 13.8. The number of hydrogen-bond donors (Lipinski definition) is 0. The van der Waals surface area contributed by atoms with Crippen LogP contribution in [0.5, 0.6) is 0 Å². The largest absolute Gasteiger partial charge is 0.308 e. The Labute approximate surface area is 226 Å². The van der Waals surface area contributed by atoms with Crippen LogP contribution in [0.15, 0.2) is 41.3 Å². The van der Waals surface area contributed by atoms with Crippen molar-refractivity contribution in [3.8, 4) is 0 Å². The second-order valence-electron chi connectivity index (χ2n) is 10.8. The van der Waals surface area contributed by atoms with Crippen LogP contribution in [0.25, 0.3) is 10.2 Å². The lowest BCUT2D eigenvalue weighted by Gasteiger charge is -2.26. The SMILES string of the molecule is Cc1cc(C)c2nc(N(CCN(C)C)C(=O)c3ccc(S(=O)(=O)N(CC(C)C)CC(C)C)cc3)sc2c1. The van der Waals surface area contributed by atoms with Crippen molar-refractivity contribution in [1.82, 2.24) is 14.2 Å². The molecular formula is C28H40N4O3S2. The highest BCUT2D eigenvalue weighted by molar-refractivity contribution is 7.89. The number of aromatic nitrogens is 1. The normalized spacial score (nSPS) is 12.4. The van der Waals surface area contributed by atoms with Gasteiger partial charge in [0, 0.05) is 31.7 Å². The van der Waals surface area contributed by atoms with E-state index in [9.17, 15) is 13.2 Å². The fourth-order valence-electron chi connectivity index (χ4n) is 4.22. The predicted molar refractivity (Wildman–Crippen MR) is 154 cm³/mol. The summed E-state index contributed by atoms with van der Waals surface area (Å²) in [6.07, 6.45) is 0. The van der Waals surface area contributed by atoms with Crippen LogP contribution < -0.4 is 4.90 Å². The fourth-order valence-corrected chi connectivity index (χ4v) is 7.15. The number of benzene rings is 2. The van der Waals surface area contributed by atoms with Crippen molar-refractivity contribution < 1.29 is 13.2 Å². The van der Waals surface area contributed by atoms with E-state index in [2.05, 4.69) is 19.1 Å². The van der Waals surface area contributed by atoms with E-state index in [4.69, 9.17) is 4.98 Å². The first-order chi connectivity index (χ1) is 17.3. The minimum atomic E-state index is -3.66. The van der Waals surface area contributed by atoms with E-state index in [-0.39, 0.29) is 22.6 Å². The van der Waals surface area contributed by atoms with Crippen LogP contribution in [0, 0.1) is 25.7 Å². The molecule has 0 atom stereocenters. The molecule has 0 aliphatic rings. The summed E-state index contributed by atoms with van der Waals surface area (Å²) in [7, 11) is 0.271. The molecule has 0 bridgehead atoms. The second kappa shape index (κ2) is 12.0. The number of sulfonamides is 1. The van der Waals surface area contributed by atoms with Crippen molar-refractivity contribution in [2.75, 3.05) is 45.2 Å². The van der Waals surface area contributed by atoms with Gasteiger partial charge in [-0.15, -0.1) is 0 Å². The van der Waals surface area contributed by atoms with Gasteiger partial charge in [0.05, 0.1) is 15.1 Å². The van der Waals surface area contributed by atoms with E-state index in [0.717, 1.165) is 21.3 Å². The van der Waals surface area contributed by atoms with Crippen molar-refractivity contribution >= 4 is 42.6 Å². The molecule has 0 N–H and O–H groups in total. The Hall–Kier alpha value is -2.33. The molecule has 3 rings (SSSR count). The quantitative estimate of drug-likeness (QED) is 0.322. The molecule has 0 aliphatic heterocycles. The molecule has 0 fully saturated rings. The Bertz CT molecular complexity index is 1320. The van der Waals surface area contributed by atoms with Gasteiger partial charge in [0.15, 0.2) is 5.13 Å². The van der Waals surface area contributed by atoms with Crippen molar-refractivity contribution in [3.63, 3.8) is 0 Å². The number of carbonyl (C=O) groups excluding carboxylic acids is 1. The van der Waals surface area contributed by atoms with Crippen molar-refractivity contribution in [1.29, 1.82) is 0 Å². The molecule has 7 nitrogen and oxygen atoms in total. The Morgan fingerprint density at radius 3 is 2.08 bits per heavy atom. The number of nitrogens with zero attached hydrogens (tertiary/aromatic N) is 4. The van der Waals surface area contributed by atoms with Crippen LogP contribution in [0.1, 0.15) is 49.2 Å². The molecule has 0 saturated carbocycles. The van der Waals surface area contributed by atoms with Crippen LogP contribution >= 0.6 is 11.3 Å². The molecule has 1 aromatic heterocycles. The summed E-state index contributed by atoms with van der Waals surface area (Å²) >= 11 is 1.50. The Balaban J connectivity index is 1.94. The molecule has 0 saturated heterocycles. The summed E-state index contributed by atoms with van der Waals surface area (Å²) in [5, 5.41) is 0.646. The van der Waals surface area contributed by atoms with Gasteiger partial charge in [0.25, 0.3) is 5.91 Å². The highest BCUT2D eigenvalue weighted by Crippen LogP contribution is 2.32. The number of aryl methyl sites for hydroxylation is 2. The van der Waals surface area contributed by atoms with Crippen LogP contribution in [-0.4, -0.2) is 68.8 Å². The maximum atomic E-state index is 13.7. The summed E-state index contributed by atoms with van der Waals surface area (Å²) in [5.41, 5.74) is 3.58. The third-order valence-corrected chi connectivity index (χ3v) is 8.81. The molecule has 1 heterocycles. The lowest BCUT2D eigenvalue weighted by molar-refractivity contribution is 0.0985. The molecule has 2 aromatic carbocycles. The zero-order valence-electron chi connectivity index (χ0n) is 23.3. The molecule has 202 valence electrons. The number of rotatable bonds is 11. The lowest BCUT2D eigenvalue weighted by Crippen LogP contribution is -2.37. The van der Waals surface area contributed by atoms with Crippen LogP contribution in [0.2, 0.25) is 0 Å². The maximum absolute atomic E-state index is 13.7. The van der Waals surface area contributed by atoms with E-state index in [1.54, 1.807) is 33.5 Å². The third-order valence-electron chi connectivity index (χ3n) is 5.94. The standard InChI is InChI=1S/C28H40N4O3S2/c1-19(2)17-31(18-20(3)4)37(34,35)24-11-9-23(10-12-24)27(33)32(14-13-30(7)8)28-29-26-22(6)15-21(5)16-25(26)36-28/h9-12,15-16,19-20H,13-14,17-18H2,1-8H3.